The van der Waals surface area contributed by atoms with Gasteiger partial charge in [-0.25, -0.2) is 13.8 Å². The molecule has 0 saturated carbocycles. The Bertz CT molecular complexity index is 1140. The van der Waals surface area contributed by atoms with Gasteiger partial charge in [0.05, 0.1) is 23.9 Å². The third-order valence-corrected chi connectivity index (χ3v) is 6.25. The lowest BCUT2D eigenvalue weighted by molar-refractivity contribution is -0.119. The molecule has 3 aromatic carbocycles. The first kappa shape index (κ1) is 22.0. The second-order valence-corrected chi connectivity index (χ2v) is 8.59. The number of hydrogen-bond acceptors (Lipinski definition) is 5. The summed E-state index contributed by atoms with van der Waals surface area (Å²) in [7, 11) is -2.36. The molecule has 0 atom stereocenters. The lowest BCUT2D eigenvalue weighted by Gasteiger charge is -2.23. The van der Waals surface area contributed by atoms with Crippen LogP contribution in [-0.2, 0) is 14.8 Å². The minimum Gasteiger partial charge on any atom is -0.497 e. The van der Waals surface area contributed by atoms with E-state index in [-0.39, 0.29) is 4.90 Å². The van der Waals surface area contributed by atoms with Crippen LogP contribution in [0, 0.1) is 6.92 Å². The molecule has 0 radical (unpaired) electrons. The summed E-state index contributed by atoms with van der Waals surface area (Å²) in [4.78, 5) is 12.6. The SMILES string of the molecule is COc1ccc(/C=N/NC(=O)CN(c2ccc(C)cc2)S(=O)(=O)c2ccccc2)cc1. The molecule has 0 spiro atoms. The number of aryl methyl sites for hydroxylation is 1. The van der Waals surface area contributed by atoms with Crippen molar-refractivity contribution in [2.75, 3.05) is 18.0 Å². The molecule has 0 fully saturated rings. The number of amides is 1. The van der Waals surface area contributed by atoms with Crippen LogP contribution in [0.5, 0.6) is 5.75 Å². The quantitative estimate of drug-likeness (QED) is 0.432. The first-order chi connectivity index (χ1) is 14.9. The Labute approximate surface area is 182 Å². The van der Waals surface area contributed by atoms with Gasteiger partial charge in [-0.05, 0) is 61.0 Å². The number of rotatable bonds is 8. The molecule has 0 aliphatic heterocycles. The lowest BCUT2D eigenvalue weighted by Crippen LogP contribution is -2.39. The summed E-state index contributed by atoms with van der Waals surface area (Å²) in [6.45, 7) is 1.49. The van der Waals surface area contributed by atoms with Crippen LogP contribution in [0.3, 0.4) is 0 Å². The monoisotopic (exact) mass is 437 g/mol. The van der Waals surface area contributed by atoms with Crippen molar-refractivity contribution in [1.82, 2.24) is 5.43 Å². The molecule has 1 amide bonds. The summed E-state index contributed by atoms with van der Waals surface area (Å²) < 4.78 is 32.6. The van der Waals surface area contributed by atoms with Gasteiger partial charge in [-0.15, -0.1) is 0 Å². The molecule has 3 aromatic rings. The zero-order chi connectivity index (χ0) is 22.3. The minimum atomic E-state index is -3.94. The Morgan fingerprint density at radius 3 is 2.26 bits per heavy atom. The van der Waals surface area contributed by atoms with Gasteiger partial charge in [-0.2, -0.15) is 5.10 Å². The van der Waals surface area contributed by atoms with E-state index in [2.05, 4.69) is 10.5 Å². The maximum absolute atomic E-state index is 13.2. The number of carbonyl (C=O) groups is 1. The second-order valence-electron chi connectivity index (χ2n) is 6.73. The lowest BCUT2D eigenvalue weighted by atomic mass is 10.2. The summed E-state index contributed by atoms with van der Waals surface area (Å²) in [5.74, 6) is 0.144. The van der Waals surface area contributed by atoms with Gasteiger partial charge in [-0.1, -0.05) is 35.9 Å². The summed E-state index contributed by atoms with van der Waals surface area (Å²) in [5.41, 5.74) is 4.52. The van der Waals surface area contributed by atoms with Crippen molar-refractivity contribution < 1.29 is 17.9 Å². The predicted octanol–water partition coefficient (Wildman–Crippen LogP) is 3.35. The number of anilines is 1. The van der Waals surface area contributed by atoms with Gasteiger partial charge in [0.25, 0.3) is 15.9 Å². The Morgan fingerprint density at radius 1 is 1.00 bits per heavy atom. The van der Waals surface area contributed by atoms with Gasteiger partial charge in [0.1, 0.15) is 12.3 Å². The highest BCUT2D eigenvalue weighted by Gasteiger charge is 2.26. The van der Waals surface area contributed by atoms with E-state index in [0.29, 0.717) is 11.4 Å². The first-order valence-corrected chi connectivity index (χ1v) is 10.9. The zero-order valence-electron chi connectivity index (χ0n) is 17.2. The Morgan fingerprint density at radius 2 is 1.65 bits per heavy atom. The molecule has 0 aromatic heterocycles. The maximum Gasteiger partial charge on any atom is 0.264 e. The summed E-state index contributed by atoms with van der Waals surface area (Å²) in [5, 5.41) is 3.93. The van der Waals surface area contributed by atoms with Crippen LogP contribution in [0.4, 0.5) is 5.69 Å². The van der Waals surface area contributed by atoms with Crippen molar-refractivity contribution in [1.29, 1.82) is 0 Å². The molecular formula is C23H23N3O4S. The van der Waals surface area contributed by atoms with Crippen LogP contribution in [0.15, 0.2) is 88.9 Å². The number of nitrogens with one attached hydrogen (secondary N) is 1. The van der Waals surface area contributed by atoms with Crippen LogP contribution >= 0.6 is 0 Å². The highest BCUT2D eigenvalue weighted by Crippen LogP contribution is 2.23. The largest absolute Gasteiger partial charge is 0.497 e. The van der Waals surface area contributed by atoms with Crippen LogP contribution in [0.1, 0.15) is 11.1 Å². The van der Waals surface area contributed by atoms with Crippen molar-refractivity contribution in [2.24, 2.45) is 5.10 Å². The fourth-order valence-corrected chi connectivity index (χ4v) is 4.22. The highest BCUT2D eigenvalue weighted by molar-refractivity contribution is 7.92. The average Bonchev–Trinajstić information content (AvgIpc) is 2.79. The highest BCUT2D eigenvalue weighted by atomic mass is 32.2. The van der Waals surface area contributed by atoms with E-state index >= 15 is 0 Å². The molecular weight excluding hydrogens is 414 g/mol. The van der Waals surface area contributed by atoms with Gasteiger partial charge in [-0.3, -0.25) is 9.10 Å². The Hall–Kier alpha value is -3.65. The number of nitrogens with zero attached hydrogens (tertiary/aromatic N) is 2. The van der Waals surface area contributed by atoms with E-state index in [1.165, 1.54) is 18.3 Å². The molecule has 7 nitrogen and oxygen atoms in total. The van der Waals surface area contributed by atoms with Gasteiger partial charge >= 0.3 is 0 Å². The van der Waals surface area contributed by atoms with E-state index < -0.39 is 22.5 Å². The van der Waals surface area contributed by atoms with Gasteiger partial charge in [0, 0.05) is 0 Å². The van der Waals surface area contributed by atoms with E-state index in [0.717, 1.165) is 15.4 Å². The van der Waals surface area contributed by atoms with Crippen molar-refractivity contribution in [3.05, 3.63) is 90.0 Å². The average molecular weight is 438 g/mol. The molecule has 0 aliphatic carbocycles. The molecule has 1 N–H and O–H groups in total. The predicted molar refractivity (Wildman–Crippen MR) is 121 cm³/mol. The number of methoxy groups -OCH3 is 1. The molecule has 0 aliphatic rings. The zero-order valence-corrected chi connectivity index (χ0v) is 18.0. The fourth-order valence-electron chi connectivity index (χ4n) is 2.78. The number of hydrazone groups is 1. The molecule has 160 valence electrons. The number of benzene rings is 3. The maximum atomic E-state index is 13.2. The van der Waals surface area contributed by atoms with Crippen LogP contribution in [0.2, 0.25) is 0 Å². The second kappa shape index (κ2) is 9.90. The number of sulfonamides is 1. The topological polar surface area (TPSA) is 88.1 Å². The smallest absolute Gasteiger partial charge is 0.264 e. The van der Waals surface area contributed by atoms with E-state index in [9.17, 15) is 13.2 Å². The van der Waals surface area contributed by atoms with Crippen molar-refractivity contribution in [3.8, 4) is 5.75 Å². The number of carbonyl (C=O) groups excluding carboxylic acids is 1. The van der Waals surface area contributed by atoms with E-state index in [4.69, 9.17) is 4.74 Å². The molecule has 3 rings (SSSR count). The molecule has 8 heteroatoms. The number of hydrogen-bond donors (Lipinski definition) is 1. The third kappa shape index (κ3) is 5.70. The van der Waals surface area contributed by atoms with E-state index in [1.54, 1.807) is 73.8 Å². The van der Waals surface area contributed by atoms with Crippen LogP contribution in [0.25, 0.3) is 0 Å². The summed E-state index contributed by atoms with van der Waals surface area (Å²) in [6.07, 6.45) is 1.47. The fraction of sp³-hybridized carbons (Fsp3) is 0.130. The van der Waals surface area contributed by atoms with Gasteiger partial charge in [0.15, 0.2) is 0 Å². The Balaban J connectivity index is 1.78. The van der Waals surface area contributed by atoms with Crippen molar-refractivity contribution in [2.45, 2.75) is 11.8 Å². The third-order valence-electron chi connectivity index (χ3n) is 4.46. The van der Waals surface area contributed by atoms with Crippen molar-refractivity contribution >= 4 is 27.8 Å². The van der Waals surface area contributed by atoms with Gasteiger partial charge < -0.3 is 4.74 Å². The van der Waals surface area contributed by atoms with Gasteiger partial charge in [0.2, 0.25) is 0 Å². The van der Waals surface area contributed by atoms with Crippen molar-refractivity contribution in [3.63, 3.8) is 0 Å². The van der Waals surface area contributed by atoms with Crippen LogP contribution < -0.4 is 14.5 Å². The van der Waals surface area contributed by atoms with Crippen LogP contribution in [-0.4, -0.2) is 34.2 Å². The molecule has 0 heterocycles. The molecule has 0 bridgehead atoms. The molecule has 0 unspecified atom stereocenters. The number of ether oxygens (including phenoxy) is 1. The molecule has 31 heavy (non-hydrogen) atoms. The normalized spacial score (nSPS) is 11.3. The molecule has 0 saturated heterocycles. The summed E-state index contributed by atoms with van der Waals surface area (Å²) in [6, 6.07) is 22.0. The summed E-state index contributed by atoms with van der Waals surface area (Å²) >= 11 is 0. The minimum absolute atomic E-state index is 0.102. The first-order valence-electron chi connectivity index (χ1n) is 9.50. The Kier molecular flexibility index (Phi) is 7.04. The van der Waals surface area contributed by atoms with E-state index in [1.807, 2.05) is 6.92 Å². The standard InChI is InChI=1S/C23H23N3O4S/c1-18-8-12-20(13-9-18)26(31(28,29)22-6-4-3-5-7-22)17-23(27)25-24-16-19-10-14-21(30-2)15-11-19/h3-16H,17H2,1-2H3,(H,25,27)/b24-16+.